The van der Waals surface area contributed by atoms with Crippen LogP contribution in [-0.2, 0) is 4.74 Å². The minimum Gasteiger partial charge on any atom is -0.375 e. The molecule has 0 spiro atoms. The lowest BCUT2D eigenvalue weighted by Crippen LogP contribution is -2.50. The number of hydrogen-bond donors (Lipinski definition) is 1. The first-order valence-electron chi connectivity index (χ1n) is 5.70. The molecule has 1 saturated heterocycles. The summed E-state index contributed by atoms with van der Waals surface area (Å²) < 4.78 is 5.57. The molecule has 16 heavy (non-hydrogen) atoms. The van der Waals surface area contributed by atoms with E-state index in [9.17, 15) is 0 Å². The molecule has 2 rings (SSSR count). The summed E-state index contributed by atoms with van der Waals surface area (Å²) in [5.41, 5.74) is 0.975. The Morgan fingerprint density at radius 3 is 2.69 bits per heavy atom. The highest BCUT2D eigenvalue weighted by Crippen LogP contribution is 2.15. The Balaban J connectivity index is 2.15. The van der Waals surface area contributed by atoms with Gasteiger partial charge in [0.05, 0.1) is 18.8 Å². The maximum Gasteiger partial charge on any atom is 0.128 e. The van der Waals surface area contributed by atoms with Crippen LogP contribution in [0.3, 0.4) is 0 Å². The van der Waals surface area contributed by atoms with Crippen LogP contribution >= 0.6 is 0 Å². The highest BCUT2D eigenvalue weighted by Gasteiger charge is 2.25. The molecular formula is C13H18N2O. The zero-order chi connectivity index (χ0) is 11.5. The van der Waals surface area contributed by atoms with Crippen molar-refractivity contribution in [2.45, 2.75) is 26.0 Å². The van der Waals surface area contributed by atoms with Crippen LogP contribution in [-0.4, -0.2) is 36.0 Å². The first kappa shape index (κ1) is 11.1. The summed E-state index contributed by atoms with van der Waals surface area (Å²) in [5.74, 6) is 0.600. The van der Waals surface area contributed by atoms with Crippen molar-refractivity contribution in [3.8, 4) is 0 Å². The van der Waals surface area contributed by atoms with Gasteiger partial charge in [0.15, 0.2) is 0 Å². The van der Waals surface area contributed by atoms with Crippen molar-refractivity contribution in [2.75, 3.05) is 13.2 Å². The number of hydrogen-bond acceptors (Lipinski definition) is 2. The molecule has 0 amide bonds. The van der Waals surface area contributed by atoms with Crippen molar-refractivity contribution < 1.29 is 4.74 Å². The number of amidine groups is 1. The van der Waals surface area contributed by atoms with Crippen molar-refractivity contribution in [1.82, 2.24) is 4.90 Å². The number of nitrogens with one attached hydrogen (secondary N) is 1. The van der Waals surface area contributed by atoms with E-state index >= 15 is 0 Å². The monoisotopic (exact) mass is 218 g/mol. The molecule has 1 aromatic rings. The fraction of sp³-hybridized carbons (Fsp3) is 0.462. The summed E-state index contributed by atoms with van der Waals surface area (Å²) in [7, 11) is 0. The minimum atomic E-state index is 0.209. The molecule has 3 heteroatoms. The van der Waals surface area contributed by atoms with E-state index in [1.165, 1.54) is 0 Å². The third-order valence-corrected chi connectivity index (χ3v) is 2.94. The SMILES string of the molecule is CC1CN(C(=N)c2ccccc2)C(C)CO1. The van der Waals surface area contributed by atoms with Crippen molar-refractivity contribution in [3.05, 3.63) is 35.9 Å². The van der Waals surface area contributed by atoms with E-state index in [2.05, 4.69) is 18.7 Å². The largest absolute Gasteiger partial charge is 0.375 e. The van der Waals surface area contributed by atoms with Crippen molar-refractivity contribution in [3.63, 3.8) is 0 Å². The van der Waals surface area contributed by atoms with E-state index in [0.29, 0.717) is 12.4 Å². The van der Waals surface area contributed by atoms with Gasteiger partial charge in [0, 0.05) is 12.1 Å². The lowest BCUT2D eigenvalue weighted by atomic mass is 10.1. The van der Waals surface area contributed by atoms with Crippen molar-refractivity contribution in [2.24, 2.45) is 0 Å². The Morgan fingerprint density at radius 2 is 2.00 bits per heavy atom. The highest BCUT2D eigenvalue weighted by molar-refractivity contribution is 5.96. The predicted molar refractivity (Wildman–Crippen MR) is 64.9 cm³/mol. The van der Waals surface area contributed by atoms with Gasteiger partial charge in [-0.1, -0.05) is 30.3 Å². The molecule has 1 heterocycles. The standard InChI is InChI=1S/C13H18N2O/c1-10-9-16-11(2)8-15(10)13(14)12-6-4-3-5-7-12/h3-7,10-11,14H,8-9H2,1-2H3. The van der Waals surface area contributed by atoms with Crippen LogP contribution in [0.25, 0.3) is 0 Å². The van der Waals surface area contributed by atoms with Crippen molar-refractivity contribution in [1.29, 1.82) is 5.41 Å². The number of benzene rings is 1. The average Bonchev–Trinajstić information content (AvgIpc) is 2.32. The molecule has 1 aliphatic heterocycles. The number of ether oxygens (including phenoxy) is 1. The zero-order valence-corrected chi connectivity index (χ0v) is 9.81. The van der Waals surface area contributed by atoms with Crippen molar-refractivity contribution >= 4 is 5.84 Å². The lowest BCUT2D eigenvalue weighted by molar-refractivity contribution is -0.0223. The molecule has 2 unspecified atom stereocenters. The van der Waals surface area contributed by atoms with Crippen LogP contribution in [0.2, 0.25) is 0 Å². The molecule has 0 saturated carbocycles. The van der Waals surface area contributed by atoms with Gasteiger partial charge in [0.2, 0.25) is 0 Å². The Hall–Kier alpha value is -1.35. The van der Waals surface area contributed by atoms with Gasteiger partial charge < -0.3 is 9.64 Å². The van der Waals surface area contributed by atoms with E-state index < -0.39 is 0 Å². The minimum absolute atomic E-state index is 0.209. The third kappa shape index (κ3) is 2.25. The van der Waals surface area contributed by atoms with Gasteiger partial charge in [-0.05, 0) is 13.8 Å². The molecule has 1 N–H and O–H groups in total. The Bertz CT molecular complexity index is 363. The third-order valence-electron chi connectivity index (χ3n) is 2.94. The first-order chi connectivity index (χ1) is 7.68. The summed E-state index contributed by atoms with van der Waals surface area (Å²) in [4.78, 5) is 2.11. The molecule has 3 nitrogen and oxygen atoms in total. The Labute approximate surface area is 96.5 Å². The van der Waals surface area contributed by atoms with E-state index in [0.717, 1.165) is 12.1 Å². The molecule has 1 aromatic carbocycles. The van der Waals surface area contributed by atoms with Gasteiger partial charge >= 0.3 is 0 Å². The Morgan fingerprint density at radius 1 is 1.31 bits per heavy atom. The van der Waals surface area contributed by atoms with Crippen LogP contribution in [0.1, 0.15) is 19.4 Å². The Kier molecular flexibility index (Phi) is 3.25. The molecule has 0 bridgehead atoms. The maximum atomic E-state index is 8.21. The normalized spacial score (nSPS) is 25.5. The summed E-state index contributed by atoms with van der Waals surface area (Å²) >= 11 is 0. The summed E-state index contributed by atoms with van der Waals surface area (Å²) in [6.07, 6.45) is 0.209. The van der Waals surface area contributed by atoms with Gasteiger partial charge in [-0.3, -0.25) is 5.41 Å². The van der Waals surface area contributed by atoms with Gasteiger partial charge in [-0.15, -0.1) is 0 Å². The molecule has 86 valence electrons. The second-order valence-electron chi connectivity index (χ2n) is 4.36. The summed E-state index contributed by atoms with van der Waals surface area (Å²) in [5, 5.41) is 8.21. The lowest BCUT2D eigenvalue weighted by Gasteiger charge is -2.38. The van der Waals surface area contributed by atoms with E-state index in [1.807, 2.05) is 30.3 Å². The smallest absolute Gasteiger partial charge is 0.128 e. The molecule has 0 radical (unpaired) electrons. The molecular weight excluding hydrogens is 200 g/mol. The fourth-order valence-electron chi connectivity index (χ4n) is 1.98. The maximum absolute atomic E-state index is 8.21. The van der Waals surface area contributed by atoms with E-state index in [4.69, 9.17) is 10.1 Å². The van der Waals surface area contributed by atoms with Gasteiger partial charge in [-0.2, -0.15) is 0 Å². The molecule has 0 aliphatic carbocycles. The van der Waals surface area contributed by atoms with E-state index in [1.54, 1.807) is 0 Å². The van der Waals surface area contributed by atoms with Gasteiger partial charge in [-0.25, -0.2) is 0 Å². The average molecular weight is 218 g/mol. The van der Waals surface area contributed by atoms with Crippen LogP contribution < -0.4 is 0 Å². The number of morpholine rings is 1. The second kappa shape index (κ2) is 4.66. The summed E-state index contributed by atoms with van der Waals surface area (Å²) in [6, 6.07) is 10.2. The molecule has 2 atom stereocenters. The quantitative estimate of drug-likeness (QED) is 0.579. The summed E-state index contributed by atoms with van der Waals surface area (Å²) in [6.45, 7) is 5.66. The number of rotatable bonds is 1. The van der Waals surface area contributed by atoms with Crippen LogP contribution in [0.5, 0.6) is 0 Å². The van der Waals surface area contributed by atoms with E-state index in [-0.39, 0.29) is 12.1 Å². The molecule has 0 aromatic heterocycles. The number of nitrogens with zero attached hydrogens (tertiary/aromatic N) is 1. The topological polar surface area (TPSA) is 36.3 Å². The van der Waals surface area contributed by atoms with Crippen LogP contribution in [0, 0.1) is 5.41 Å². The highest BCUT2D eigenvalue weighted by atomic mass is 16.5. The fourth-order valence-corrected chi connectivity index (χ4v) is 1.98. The molecule has 1 fully saturated rings. The first-order valence-corrected chi connectivity index (χ1v) is 5.70. The van der Waals surface area contributed by atoms with Crippen LogP contribution in [0.4, 0.5) is 0 Å². The van der Waals surface area contributed by atoms with Gasteiger partial charge in [0.1, 0.15) is 5.84 Å². The predicted octanol–water partition coefficient (Wildman–Crippen LogP) is 2.12. The zero-order valence-electron chi connectivity index (χ0n) is 9.81. The van der Waals surface area contributed by atoms with Crippen LogP contribution in [0.15, 0.2) is 30.3 Å². The second-order valence-corrected chi connectivity index (χ2v) is 4.36. The molecule has 1 aliphatic rings. The van der Waals surface area contributed by atoms with Gasteiger partial charge in [0.25, 0.3) is 0 Å².